The van der Waals surface area contributed by atoms with Gasteiger partial charge in [0.1, 0.15) is 12.4 Å². The topological polar surface area (TPSA) is 29.5 Å². The molecule has 0 radical (unpaired) electrons. The van der Waals surface area contributed by atoms with Gasteiger partial charge < -0.3 is 9.84 Å². The van der Waals surface area contributed by atoms with Gasteiger partial charge in [-0.15, -0.1) is 11.3 Å². The summed E-state index contributed by atoms with van der Waals surface area (Å²) >= 11 is 1.48. The summed E-state index contributed by atoms with van der Waals surface area (Å²) in [4.78, 5) is 0. The third-order valence-electron chi connectivity index (χ3n) is 2.87. The van der Waals surface area contributed by atoms with Gasteiger partial charge in [-0.3, -0.25) is 0 Å². The molecule has 0 amide bonds. The highest BCUT2D eigenvalue weighted by atomic mass is 32.1. The molecule has 1 heterocycles. The molecule has 3 aromatic rings. The maximum atomic E-state index is 13.1. The van der Waals surface area contributed by atoms with Gasteiger partial charge in [0.05, 0.1) is 0 Å². The number of ether oxygens (including phenoxy) is 1. The second-order valence-electron chi connectivity index (χ2n) is 4.16. The fraction of sp³-hybridized carbons (Fsp3) is 0.0667. The van der Waals surface area contributed by atoms with Gasteiger partial charge in [-0.25, -0.2) is 4.39 Å². The van der Waals surface area contributed by atoms with E-state index in [1.54, 1.807) is 30.3 Å². The van der Waals surface area contributed by atoms with Crippen LogP contribution in [0.1, 0.15) is 5.56 Å². The molecular formula is C15H11FO2S. The quantitative estimate of drug-likeness (QED) is 0.770. The summed E-state index contributed by atoms with van der Waals surface area (Å²) in [7, 11) is 0. The molecule has 19 heavy (non-hydrogen) atoms. The van der Waals surface area contributed by atoms with Gasteiger partial charge in [0.25, 0.3) is 0 Å². The molecule has 0 aliphatic rings. The van der Waals surface area contributed by atoms with Crippen molar-refractivity contribution in [2.75, 3.05) is 0 Å². The molecule has 0 atom stereocenters. The SMILES string of the molecule is Oc1ccccc1OCc1csc2cc(F)ccc12. The summed E-state index contributed by atoms with van der Waals surface area (Å²) in [6.07, 6.45) is 0. The fourth-order valence-electron chi connectivity index (χ4n) is 1.90. The summed E-state index contributed by atoms with van der Waals surface area (Å²) < 4.78 is 19.6. The van der Waals surface area contributed by atoms with Crippen molar-refractivity contribution in [2.24, 2.45) is 0 Å². The van der Waals surface area contributed by atoms with Crippen LogP contribution >= 0.6 is 11.3 Å². The Morgan fingerprint density at radius 3 is 2.84 bits per heavy atom. The number of aromatic hydroxyl groups is 1. The Morgan fingerprint density at radius 2 is 2.00 bits per heavy atom. The van der Waals surface area contributed by atoms with Crippen LogP contribution in [0.15, 0.2) is 47.8 Å². The minimum atomic E-state index is -0.234. The van der Waals surface area contributed by atoms with E-state index < -0.39 is 0 Å². The molecule has 0 fully saturated rings. The van der Waals surface area contributed by atoms with Crippen LogP contribution in [0, 0.1) is 5.82 Å². The molecule has 3 rings (SSSR count). The summed E-state index contributed by atoms with van der Waals surface area (Å²) in [6, 6.07) is 11.5. The van der Waals surface area contributed by atoms with Gasteiger partial charge >= 0.3 is 0 Å². The van der Waals surface area contributed by atoms with Crippen LogP contribution in [0.25, 0.3) is 10.1 Å². The Kier molecular flexibility index (Phi) is 3.09. The second-order valence-corrected chi connectivity index (χ2v) is 5.07. The van der Waals surface area contributed by atoms with Crippen LogP contribution in [0.4, 0.5) is 4.39 Å². The number of phenolic OH excluding ortho intramolecular Hbond substituents is 1. The maximum Gasteiger partial charge on any atom is 0.161 e. The summed E-state index contributed by atoms with van der Waals surface area (Å²) in [5.74, 6) is 0.333. The normalized spacial score (nSPS) is 10.8. The van der Waals surface area contributed by atoms with E-state index in [4.69, 9.17) is 4.74 Å². The molecule has 1 aromatic heterocycles. The van der Waals surface area contributed by atoms with E-state index in [1.807, 2.05) is 5.38 Å². The molecule has 4 heteroatoms. The third-order valence-corrected chi connectivity index (χ3v) is 3.86. The van der Waals surface area contributed by atoms with Crippen molar-refractivity contribution in [1.29, 1.82) is 0 Å². The molecule has 0 saturated carbocycles. The largest absolute Gasteiger partial charge is 0.504 e. The van der Waals surface area contributed by atoms with Crippen molar-refractivity contribution in [3.05, 3.63) is 59.2 Å². The highest BCUT2D eigenvalue weighted by Gasteiger charge is 2.07. The average molecular weight is 274 g/mol. The second kappa shape index (κ2) is 4.90. The minimum absolute atomic E-state index is 0.119. The zero-order valence-corrected chi connectivity index (χ0v) is 10.8. The van der Waals surface area contributed by atoms with Crippen molar-refractivity contribution in [3.8, 4) is 11.5 Å². The lowest BCUT2D eigenvalue weighted by Crippen LogP contribution is -1.94. The lowest BCUT2D eigenvalue weighted by molar-refractivity contribution is 0.290. The van der Waals surface area contributed by atoms with E-state index in [-0.39, 0.29) is 11.6 Å². The molecule has 0 aliphatic carbocycles. The van der Waals surface area contributed by atoms with Crippen molar-refractivity contribution >= 4 is 21.4 Å². The highest BCUT2D eigenvalue weighted by molar-refractivity contribution is 7.17. The van der Waals surface area contributed by atoms with E-state index in [0.29, 0.717) is 12.4 Å². The van der Waals surface area contributed by atoms with Crippen molar-refractivity contribution in [3.63, 3.8) is 0 Å². The van der Waals surface area contributed by atoms with Gasteiger partial charge in [0, 0.05) is 10.3 Å². The van der Waals surface area contributed by atoms with Gasteiger partial charge in [-0.2, -0.15) is 0 Å². The molecule has 0 unspecified atom stereocenters. The molecule has 0 bridgehead atoms. The third kappa shape index (κ3) is 2.39. The molecule has 96 valence electrons. The Bertz CT molecular complexity index is 721. The molecule has 1 N–H and O–H groups in total. The van der Waals surface area contributed by atoms with Gasteiger partial charge in [-0.05, 0) is 35.0 Å². The predicted octanol–water partition coefficient (Wildman–Crippen LogP) is 4.33. The molecule has 2 aromatic carbocycles. The standard InChI is InChI=1S/C15H11FO2S/c16-11-5-6-12-10(9-19-15(12)7-11)8-18-14-4-2-1-3-13(14)17/h1-7,9,17H,8H2. The van der Waals surface area contributed by atoms with Crippen molar-refractivity contribution in [1.82, 2.24) is 0 Å². The number of benzene rings is 2. The maximum absolute atomic E-state index is 13.1. The molecule has 0 spiro atoms. The number of thiophene rings is 1. The van der Waals surface area contributed by atoms with Gasteiger partial charge in [-0.1, -0.05) is 18.2 Å². The highest BCUT2D eigenvalue weighted by Crippen LogP contribution is 2.30. The van der Waals surface area contributed by atoms with Gasteiger partial charge in [0.2, 0.25) is 0 Å². The molecular weight excluding hydrogens is 263 g/mol. The van der Waals surface area contributed by atoms with Crippen LogP contribution < -0.4 is 4.74 Å². The first-order chi connectivity index (χ1) is 9.24. The Hall–Kier alpha value is -2.07. The molecule has 0 saturated heterocycles. The smallest absolute Gasteiger partial charge is 0.161 e. The number of phenols is 1. The summed E-state index contributed by atoms with van der Waals surface area (Å²) in [6.45, 7) is 0.350. The number of halogens is 1. The van der Waals surface area contributed by atoms with Crippen LogP contribution in [-0.2, 0) is 6.61 Å². The predicted molar refractivity (Wildman–Crippen MR) is 74.2 cm³/mol. The van der Waals surface area contributed by atoms with Crippen LogP contribution in [0.2, 0.25) is 0 Å². The van der Waals surface area contributed by atoms with E-state index in [9.17, 15) is 9.50 Å². The summed E-state index contributed by atoms with van der Waals surface area (Å²) in [5, 5.41) is 12.6. The van der Waals surface area contributed by atoms with Crippen LogP contribution in [0.3, 0.4) is 0 Å². The van der Waals surface area contributed by atoms with E-state index >= 15 is 0 Å². The zero-order chi connectivity index (χ0) is 13.2. The first-order valence-electron chi connectivity index (χ1n) is 5.80. The number of rotatable bonds is 3. The number of hydrogen-bond donors (Lipinski definition) is 1. The Morgan fingerprint density at radius 1 is 1.16 bits per heavy atom. The van der Waals surface area contributed by atoms with Crippen molar-refractivity contribution in [2.45, 2.75) is 6.61 Å². The van der Waals surface area contributed by atoms with E-state index in [1.165, 1.54) is 23.5 Å². The fourth-order valence-corrected chi connectivity index (χ4v) is 2.87. The van der Waals surface area contributed by atoms with Crippen LogP contribution in [-0.4, -0.2) is 5.11 Å². The lowest BCUT2D eigenvalue weighted by atomic mass is 10.2. The zero-order valence-electron chi connectivity index (χ0n) is 9.97. The number of para-hydroxylation sites is 2. The summed E-state index contributed by atoms with van der Waals surface area (Å²) in [5.41, 5.74) is 0.989. The molecule has 0 aliphatic heterocycles. The lowest BCUT2D eigenvalue weighted by Gasteiger charge is -2.07. The monoisotopic (exact) mass is 274 g/mol. The first kappa shape index (κ1) is 12.0. The first-order valence-corrected chi connectivity index (χ1v) is 6.68. The molecule has 2 nitrogen and oxygen atoms in total. The minimum Gasteiger partial charge on any atom is -0.504 e. The Balaban J connectivity index is 1.84. The van der Waals surface area contributed by atoms with Gasteiger partial charge in [0.15, 0.2) is 11.5 Å². The van der Waals surface area contributed by atoms with E-state index in [0.717, 1.165) is 15.6 Å². The number of hydrogen-bond acceptors (Lipinski definition) is 3. The average Bonchev–Trinajstić information content (AvgIpc) is 2.80. The van der Waals surface area contributed by atoms with Crippen molar-refractivity contribution < 1.29 is 14.2 Å². The number of fused-ring (bicyclic) bond motifs is 1. The van der Waals surface area contributed by atoms with E-state index in [2.05, 4.69) is 0 Å². The van der Waals surface area contributed by atoms with Crippen LogP contribution in [0.5, 0.6) is 11.5 Å². The Labute approximate surface area is 113 Å².